The van der Waals surface area contributed by atoms with Crippen LogP contribution in [0.2, 0.25) is 0 Å². The molecule has 0 aromatic heterocycles. The van der Waals surface area contributed by atoms with E-state index in [1.165, 1.54) is 23.9 Å². The predicted molar refractivity (Wildman–Crippen MR) is 108 cm³/mol. The van der Waals surface area contributed by atoms with Crippen molar-refractivity contribution in [2.24, 2.45) is 10.1 Å². The van der Waals surface area contributed by atoms with E-state index in [-0.39, 0.29) is 10.8 Å². The fraction of sp³-hybridized carbons (Fsp3) is 0.158. The minimum absolute atomic E-state index is 0.0532. The maximum atomic E-state index is 12.2. The molecule has 4 rings (SSSR count). The molecule has 0 bridgehead atoms. The molecule has 144 valence electrons. The summed E-state index contributed by atoms with van der Waals surface area (Å²) in [4.78, 5) is 17.2. The van der Waals surface area contributed by atoms with Gasteiger partial charge >= 0.3 is 0 Å². The molecule has 1 fully saturated rings. The van der Waals surface area contributed by atoms with Gasteiger partial charge in [-0.05, 0) is 58.8 Å². The van der Waals surface area contributed by atoms with E-state index in [2.05, 4.69) is 10.3 Å². The lowest BCUT2D eigenvalue weighted by Gasteiger charge is -2.01. The van der Waals surface area contributed by atoms with Crippen molar-refractivity contribution in [3.63, 3.8) is 0 Å². The van der Waals surface area contributed by atoms with E-state index in [1.54, 1.807) is 12.1 Å². The van der Waals surface area contributed by atoms with Crippen LogP contribution in [-0.4, -0.2) is 26.1 Å². The number of carbonyl (C=O) groups is 1. The second-order valence-electron chi connectivity index (χ2n) is 6.34. The van der Waals surface area contributed by atoms with Gasteiger partial charge < -0.3 is 10.1 Å². The summed E-state index contributed by atoms with van der Waals surface area (Å²) in [6, 6.07) is 12.1. The van der Waals surface area contributed by atoms with Crippen LogP contribution in [0.3, 0.4) is 0 Å². The van der Waals surface area contributed by atoms with Crippen LogP contribution in [0.5, 0.6) is 5.75 Å². The van der Waals surface area contributed by atoms with Gasteiger partial charge in [0.05, 0.1) is 23.0 Å². The first-order valence-electron chi connectivity index (χ1n) is 8.51. The molecule has 1 amide bonds. The first kappa shape index (κ1) is 18.7. The van der Waals surface area contributed by atoms with Gasteiger partial charge in [0, 0.05) is 6.42 Å². The van der Waals surface area contributed by atoms with Crippen molar-refractivity contribution in [1.29, 1.82) is 0 Å². The Kier molecular flexibility index (Phi) is 4.96. The number of amidine groups is 1. The Balaban J connectivity index is 1.45. The number of carbonyl (C=O) groups excluding carboxylic acids is 1. The highest BCUT2D eigenvalue weighted by Gasteiger charge is 2.24. The van der Waals surface area contributed by atoms with Gasteiger partial charge in [0.1, 0.15) is 5.75 Å². The van der Waals surface area contributed by atoms with Gasteiger partial charge in [0.2, 0.25) is 10.0 Å². The number of amides is 1. The number of sulfonamides is 1. The Labute approximate surface area is 166 Å². The summed E-state index contributed by atoms with van der Waals surface area (Å²) in [5.41, 5.74) is 2.90. The number of nitrogens with one attached hydrogen (secondary N) is 1. The summed E-state index contributed by atoms with van der Waals surface area (Å²) in [5, 5.41) is 8.34. The SMILES string of the molecule is NS(=O)(=O)c1ccc(CN=C2NC(=O)/C(=C\c3ccc4c(c3)CCO4)S2)cc1. The van der Waals surface area contributed by atoms with Crippen LogP contribution in [0.1, 0.15) is 16.7 Å². The van der Waals surface area contributed by atoms with E-state index in [1.807, 2.05) is 24.3 Å². The van der Waals surface area contributed by atoms with Crippen molar-refractivity contribution >= 4 is 38.9 Å². The van der Waals surface area contributed by atoms with E-state index in [0.29, 0.717) is 23.2 Å². The van der Waals surface area contributed by atoms with E-state index < -0.39 is 10.0 Å². The van der Waals surface area contributed by atoms with Gasteiger partial charge in [-0.2, -0.15) is 0 Å². The molecule has 2 aliphatic rings. The van der Waals surface area contributed by atoms with Gasteiger partial charge in [-0.25, -0.2) is 13.6 Å². The summed E-state index contributed by atoms with van der Waals surface area (Å²) in [6.07, 6.45) is 2.71. The Morgan fingerprint density at radius 3 is 2.75 bits per heavy atom. The Morgan fingerprint density at radius 1 is 1.21 bits per heavy atom. The molecule has 1 saturated heterocycles. The van der Waals surface area contributed by atoms with Gasteiger partial charge in [0.15, 0.2) is 5.17 Å². The highest BCUT2D eigenvalue weighted by molar-refractivity contribution is 8.18. The molecular formula is C19H17N3O4S2. The molecule has 0 spiro atoms. The molecule has 9 heteroatoms. The van der Waals surface area contributed by atoms with Gasteiger partial charge in [-0.1, -0.05) is 18.2 Å². The summed E-state index contributed by atoms with van der Waals surface area (Å²) >= 11 is 1.28. The van der Waals surface area contributed by atoms with Crippen LogP contribution in [0.4, 0.5) is 0 Å². The zero-order valence-electron chi connectivity index (χ0n) is 14.7. The average molecular weight is 415 g/mol. The third kappa shape index (κ3) is 4.11. The number of nitrogens with two attached hydrogens (primary N) is 1. The van der Waals surface area contributed by atoms with Gasteiger partial charge in [-0.3, -0.25) is 9.79 Å². The first-order chi connectivity index (χ1) is 13.4. The Bertz CT molecular complexity index is 1110. The minimum Gasteiger partial charge on any atom is -0.493 e. The normalized spacial score (nSPS) is 19.0. The number of primary sulfonamides is 1. The molecule has 2 aliphatic heterocycles. The summed E-state index contributed by atoms with van der Waals surface area (Å²) in [5.74, 6) is 0.714. The van der Waals surface area contributed by atoms with Gasteiger partial charge in [0.25, 0.3) is 5.91 Å². The molecule has 0 saturated carbocycles. The minimum atomic E-state index is -3.71. The molecule has 3 N–H and O–H groups in total. The number of fused-ring (bicyclic) bond motifs is 1. The lowest BCUT2D eigenvalue weighted by molar-refractivity contribution is -0.115. The monoisotopic (exact) mass is 415 g/mol. The van der Waals surface area contributed by atoms with Crippen molar-refractivity contribution in [1.82, 2.24) is 5.32 Å². The Hall–Kier alpha value is -2.62. The molecule has 0 unspecified atom stereocenters. The first-order valence-corrected chi connectivity index (χ1v) is 10.9. The number of aliphatic imine (C=N–C) groups is 1. The van der Waals surface area contributed by atoms with E-state index in [9.17, 15) is 13.2 Å². The number of rotatable bonds is 4. The zero-order chi connectivity index (χ0) is 19.7. The van der Waals surface area contributed by atoms with Crippen LogP contribution in [0, 0.1) is 0 Å². The average Bonchev–Trinajstić information content (AvgIpc) is 3.26. The molecular weight excluding hydrogens is 398 g/mol. The van der Waals surface area contributed by atoms with Crippen LogP contribution in [-0.2, 0) is 27.8 Å². The van der Waals surface area contributed by atoms with Crippen LogP contribution in [0.25, 0.3) is 6.08 Å². The van der Waals surface area contributed by atoms with Crippen molar-refractivity contribution in [2.75, 3.05) is 6.61 Å². The zero-order valence-corrected chi connectivity index (χ0v) is 16.3. The molecule has 0 radical (unpaired) electrons. The number of ether oxygens (including phenoxy) is 1. The maximum absolute atomic E-state index is 12.2. The number of hydrogen-bond acceptors (Lipinski definition) is 6. The molecule has 0 atom stereocenters. The van der Waals surface area contributed by atoms with E-state index in [0.717, 1.165) is 28.9 Å². The number of nitrogens with zero attached hydrogens (tertiary/aromatic N) is 1. The second kappa shape index (κ2) is 7.42. The molecule has 2 aromatic rings. The largest absolute Gasteiger partial charge is 0.493 e. The smallest absolute Gasteiger partial charge is 0.264 e. The standard InChI is InChI=1S/C19H17N3O4S2/c20-28(24,25)15-4-1-12(2-5-15)11-21-19-22-18(23)17(27-19)10-13-3-6-16-14(9-13)7-8-26-16/h1-6,9-10H,7-8,11H2,(H2,20,24,25)(H,21,22,23)/b17-10+. The summed E-state index contributed by atoms with van der Waals surface area (Å²) < 4.78 is 28.1. The third-order valence-electron chi connectivity index (χ3n) is 4.32. The molecule has 2 aromatic carbocycles. The predicted octanol–water partition coefficient (Wildman–Crippen LogP) is 2.03. The van der Waals surface area contributed by atoms with Crippen molar-refractivity contribution < 1.29 is 17.9 Å². The van der Waals surface area contributed by atoms with Crippen LogP contribution >= 0.6 is 11.8 Å². The number of benzene rings is 2. The molecule has 2 heterocycles. The van der Waals surface area contributed by atoms with Gasteiger partial charge in [-0.15, -0.1) is 0 Å². The quantitative estimate of drug-likeness (QED) is 0.743. The van der Waals surface area contributed by atoms with Crippen molar-refractivity contribution in [2.45, 2.75) is 17.9 Å². The summed E-state index contributed by atoms with van der Waals surface area (Å²) in [7, 11) is -3.71. The molecule has 0 aliphatic carbocycles. The van der Waals surface area contributed by atoms with Crippen LogP contribution in [0.15, 0.2) is 57.3 Å². The van der Waals surface area contributed by atoms with E-state index >= 15 is 0 Å². The maximum Gasteiger partial charge on any atom is 0.264 e. The number of thioether (sulfide) groups is 1. The fourth-order valence-electron chi connectivity index (χ4n) is 2.90. The third-order valence-corrected chi connectivity index (χ3v) is 6.20. The number of hydrogen-bond donors (Lipinski definition) is 2. The Morgan fingerprint density at radius 2 is 2.00 bits per heavy atom. The molecule has 28 heavy (non-hydrogen) atoms. The lowest BCUT2D eigenvalue weighted by Crippen LogP contribution is -2.19. The topological polar surface area (TPSA) is 111 Å². The van der Waals surface area contributed by atoms with Crippen molar-refractivity contribution in [3.8, 4) is 5.75 Å². The van der Waals surface area contributed by atoms with E-state index in [4.69, 9.17) is 9.88 Å². The van der Waals surface area contributed by atoms with Crippen molar-refractivity contribution in [3.05, 3.63) is 64.1 Å². The summed E-state index contributed by atoms with van der Waals surface area (Å²) in [6.45, 7) is 1.01. The molecule has 7 nitrogen and oxygen atoms in total. The fourth-order valence-corrected chi connectivity index (χ4v) is 4.23. The highest BCUT2D eigenvalue weighted by atomic mass is 32.2. The second-order valence-corrected chi connectivity index (χ2v) is 8.93. The lowest BCUT2D eigenvalue weighted by atomic mass is 10.1. The van der Waals surface area contributed by atoms with Crippen LogP contribution < -0.4 is 15.2 Å². The highest BCUT2D eigenvalue weighted by Crippen LogP contribution is 2.30.